The summed E-state index contributed by atoms with van der Waals surface area (Å²) in [5, 5.41) is 12.6. The van der Waals surface area contributed by atoms with Crippen LogP contribution in [0.3, 0.4) is 0 Å². The standard InChI is InChI=1S/C13H15NO3/c1-8(16)14-12-11-5-3-2-4-9(11)6-10(7-15)13(12)17/h6-7,17H,2-5H2,1H3,(H,14,16). The van der Waals surface area contributed by atoms with Crippen LogP contribution in [0.4, 0.5) is 5.69 Å². The zero-order valence-corrected chi connectivity index (χ0v) is 9.75. The first-order valence-corrected chi connectivity index (χ1v) is 5.74. The molecule has 0 aromatic heterocycles. The molecule has 1 aromatic rings. The van der Waals surface area contributed by atoms with Crippen molar-refractivity contribution < 1.29 is 14.7 Å². The zero-order chi connectivity index (χ0) is 12.4. The number of hydrogen-bond donors (Lipinski definition) is 2. The van der Waals surface area contributed by atoms with Gasteiger partial charge < -0.3 is 10.4 Å². The van der Waals surface area contributed by atoms with Crippen LogP contribution in [0, 0.1) is 0 Å². The second-order valence-corrected chi connectivity index (χ2v) is 4.33. The van der Waals surface area contributed by atoms with Gasteiger partial charge in [0.15, 0.2) is 6.29 Å². The minimum absolute atomic E-state index is 0.115. The van der Waals surface area contributed by atoms with Gasteiger partial charge in [-0.05, 0) is 42.9 Å². The number of aryl methyl sites for hydroxylation is 1. The Kier molecular flexibility index (Phi) is 3.13. The minimum atomic E-state index is -0.240. The van der Waals surface area contributed by atoms with E-state index in [0.717, 1.165) is 36.8 Å². The highest BCUT2D eigenvalue weighted by atomic mass is 16.3. The van der Waals surface area contributed by atoms with Gasteiger partial charge in [0, 0.05) is 6.92 Å². The molecule has 0 atom stereocenters. The predicted molar refractivity (Wildman–Crippen MR) is 64.4 cm³/mol. The molecular weight excluding hydrogens is 218 g/mol. The number of nitrogens with one attached hydrogen (secondary N) is 1. The number of phenolic OH excluding ortho intramolecular Hbond substituents is 1. The quantitative estimate of drug-likeness (QED) is 0.606. The van der Waals surface area contributed by atoms with Gasteiger partial charge in [0.1, 0.15) is 5.75 Å². The Balaban J connectivity index is 2.59. The molecule has 0 fully saturated rings. The van der Waals surface area contributed by atoms with Gasteiger partial charge >= 0.3 is 0 Å². The lowest BCUT2D eigenvalue weighted by Crippen LogP contribution is -2.13. The number of phenols is 1. The maximum atomic E-state index is 11.1. The van der Waals surface area contributed by atoms with E-state index in [-0.39, 0.29) is 17.2 Å². The van der Waals surface area contributed by atoms with E-state index in [1.807, 2.05) is 0 Å². The molecule has 2 N–H and O–H groups in total. The molecule has 4 heteroatoms. The van der Waals surface area contributed by atoms with Crippen molar-refractivity contribution in [2.24, 2.45) is 0 Å². The summed E-state index contributed by atoms with van der Waals surface area (Å²) in [5.41, 5.74) is 2.68. The van der Waals surface area contributed by atoms with Crippen molar-refractivity contribution in [1.29, 1.82) is 0 Å². The van der Waals surface area contributed by atoms with E-state index in [9.17, 15) is 14.7 Å². The van der Waals surface area contributed by atoms with Gasteiger partial charge in [-0.3, -0.25) is 9.59 Å². The highest BCUT2D eigenvalue weighted by Gasteiger charge is 2.20. The van der Waals surface area contributed by atoms with Crippen LogP contribution in [0.15, 0.2) is 6.07 Å². The highest BCUT2D eigenvalue weighted by Crippen LogP contribution is 2.37. The predicted octanol–water partition coefficient (Wildman–Crippen LogP) is 2.04. The number of carbonyl (C=O) groups is 2. The van der Waals surface area contributed by atoms with E-state index in [4.69, 9.17) is 0 Å². The van der Waals surface area contributed by atoms with Crippen LogP contribution in [0.1, 0.15) is 41.3 Å². The van der Waals surface area contributed by atoms with Gasteiger partial charge in [0.2, 0.25) is 5.91 Å². The van der Waals surface area contributed by atoms with E-state index >= 15 is 0 Å². The molecule has 0 unspecified atom stereocenters. The third-order valence-electron chi connectivity index (χ3n) is 3.08. The molecule has 17 heavy (non-hydrogen) atoms. The second-order valence-electron chi connectivity index (χ2n) is 4.33. The van der Waals surface area contributed by atoms with Crippen LogP contribution in [0.25, 0.3) is 0 Å². The summed E-state index contributed by atoms with van der Waals surface area (Å²) in [7, 11) is 0. The van der Waals surface area contributed by atoms with Crippen molar-refractivity contribution in [2.45, 2.75) is 32.6 Å². The van der Waals surface area contributed by atoms with Crippen LogP contribution >= 0.6 is 0 Å². The molecule has 0 spiro atoms. The lowest BCUT2D eigenvalue weighted by Gasteiger charge is -2.21. The number of amides is 1. The molecule has 4 nitrogen and oxygen atoms in total. The van der Waals surface area contributed by atoms with Crippen molar-refractivity contribution in [3.63, 3.8) is 0 Å². The Bertz CT molecular complexity index is 480. The Labute approximate surface area is 99.6 Å². The molecular formula is C13H15NO3. The SMILES string of the molecule is CC(=O)Nc1c(O)c(C=O)cc2c1CCCC2. The number of anilines is 1. The maximum Gasteiger partial charge on any atom is 0.221 e. The van der Waals surface area contributed by atoms with Crippen LogP contribution in [-0.4, -0.2) is 17.3 Å². The van der Waals surface area contributed by atoms with E-state index in [2.05, 4.69) is 5.32 Å². The third kappa shape index (κ3) is 2.16. The Morgan fingerprint density at radius 3 is 2.76 bits per heavy atom. The smallest absolute Gasteiger partial charge is 0.221 e. The van der Waals surface area contributed by atoms with Crippen molar-refractivity contribution in [1.82, 2.24) is 0 Å². The van der Waals surface area contributed by atoms with E-state index in [0.29, 0.717) is 12.0 Å². The summed E-state index contributed by atoms with van der Waals surface area (Å²) in [4.78, 5) is 22.0. The molecule has 1 aliphatic carbocycles. The van der Waals surface area contributed by atoms with Crippen LogP contribution in [0.5, 0.6) is 5.75 Å². The molecule has 1 aromatic carbocycles. The van der Waals surface area contributed by atoms with E-state index in [1.165, 1.54) is 6.92 Å². The zero-order valence-electron chi connectivity index (χ0n) is 9.75. The van der Waals surface area contributed by atoms with Crippen LogP contribution < -0.4 is 5.32 Å². The Morgan fingerprint density at radius 1 is 1.41 bits per heavy atom. The highest BCUT2D eigenvalue weighted by molar-refractivity contribution is 5.95. The normalized spacial score (nSPS) is 13.9. The van der Waals surface area contributed by atoms with Gasteiger partial charge in [-0.25, -0.2) is 0 Å². The number of fused-ring (bicyclic) bond motifs is 1. The van der Waals surface area contributed by atoms with Crippen molar-refractivity contribution in [3.05, 3.63) is 22.8 Å². The van der Waals surface area contributed by atoms with Gasteiger partial charge in [-0.1, -0.05) is 0 Å². The lowest BCUT2D eigenvalue weighted by molar-refractivity contribution is -0.114. The number of aromatic hydroxyl groups is 1. The van der Waals surface area contributed by atoms with Gasteiger partial charge in [-0.15, -0.1) is 0 Å². The minimum Gasteiger partial charge on any atom is -0.505 e. The average Bonchev–Trinajstić information content (AvgIpc) is 2.32. The first kappa shape index (κ1) is 11.6. The number of benzene rings is 1. The molecule has 0 bridgehead atoms. The van der Waals surface area contributed by atoms with Crippen molar-refractivity contribution in [2.75, 3.05) is 5.32 Å². The largest absolute Gasteiger partial charge is 0.505 e. The number of hydrogen-bond acceptors (Lipinski definition) is 3. The topological polar surface area (TPSA) is 66.4 Å². The van der Waals surface area contributed by atoms with Crippen molar-refractivity contribution in [3.8, 4) is 5.75 Å². The first-order valence-electron chi connectivity index (χ1n) is 5.74. The van der Waals surface area contributed by atoms with E-state index < -0.39 is 0 Å². The van der Waals surface area contributed by atoms with Crippen LogP contribution in [0.2, 0.25) is 0 Å². The number of carbonyl (C=O) groups excluding carboxylic acids is 2. The second kappa shape index (κ2) is 4.57. The lowest BCUT2D eigenvalue weighted by atomic mass is 9.88. The van der Waals surface area contributed by atoms with E-state index in [1.54, 1.807) is 6.07 Å². The Hall–Kier alpha value is -1.84. The molecule has 0 saturated heterocycles. The number of rotatable bonds is 2. The molecule has 0 radical (unpaired) electrons. The third-order valence-corrected chi connectivity index (χ3v) is 3.08. The van der Waals surface area contributed by atoms with Crippen molar-refractivity contribution >= 4 is 17.9 Å². The fraction of sp³-hybridized carbons (Fsp3) is 0.385. The maximum absolute atomic E-state index is 11.1. The molecule has 0 heterocycles. The van der Waals surface area contributed by atoms with Gasteiger partial charge in [0.25, 0.3) is 0 Å². The summed E-state index contributed by atoms with van der Waals surface area (Å²) in [6.07, 6.45) is 4.46. The summed E-state index contributed by atoms with van der Waals surface area (Å²) >= 11 is 0. The molecule has 1 amide bonds. The molecule has 0 aliphatic heterocycles. The summed E-state index contributed by atoms with van der Waals surface area (Å²) in [6, 6.07) is 1.72. The summed E-state index contributed by atoms with van der Waals surface area (Å²) in [5.74, 6) is -0.355. The fourth-order valence-corrected chi connectivity index (χ4v) is 2.32. The first-order chi connectivity index (χ1) is 8.13. The monoisotopic (exact) mass is 233 g/mol. The van der Waals surface area contributed by atoms with Gasteiger partial charge in [0.05, 0.1) is 11.3 Å². The summed E-state index contributed by atoms with van der Waals surface area (Å²) in [6.45, 7) is 1.39. The summed E-state index contributed by atoms with van der Waals surface area (Å²) < 4.78 is 0. The number of aldehydes is 1. The van der Waals surface area contributed by atoms with Crippen LogP contribution in [-0.2, 0) is 17.6 Å². The molecule has 90 valence electrons. The van der Waals surface area contributed by atoms with Gasteiger partial charge in [-0.2, -0.15) is 0 Å². The molecule has 1 aliphatic rings. The average molecular weight is 233 g/mol. The molecule has 0 saturated carbocycles. The fourth-order valence-electron chi connectivity index (χ4n) is 2.32. The molecule has 2 rings (SSSR count). The Morgan fingerprint density at radius 2 is 2.12 bits per heavy atom.